The van der Waals surface area contributed by atoms with Crippen LogP contribution < -0.4 is 0 Å². The molecule has 0 amide bonds. The van der Waals surface area contributed by atoms with Crippen molar-refractivity contribution in [3.8, 4) is 0 Å². The molecule has 0 N–H and O–H groups in total. The number of aldehydes is 1. The number of carbonyl (C=O) groups is 3. The highest BCUT2D eigenvalue weighted by Crippen LogP contribution is 1.89. The van der Waals surface area contributed by atoms with E-state index in [0.717, 1.165) is 0 Å². The predicted octanol–water partition coefficient (Wildman–Crippen LogP) is -0.431. The molecule has 0 aliphatic rings. The van der Waals surface area contributed by atoms with Crippen molar-refractivity contribution in [1.82, 2.24) is 0 Å². The van der Waals surface area contributed by atoms with E-state index in [-0.39, 0.29) is 19.2 Å². The minimum Gasteiger partial charge on any atom is -0.467 e. The third-order valence-electron chi connectivity index (χ3n) is 1.39. The van der Waals surface area contributed by atoms with E-state index in [1.165, 1.54) is 21.3 Å². The molecule has 0 saturated carbocycles. The molecule has 100 valence electrons. The average molecular weight is 250 g/mol. The van der Waals surface area contributed by atoms with E-state index in [4.69, 9.17) is 0 Å². The summed E-state index contributed by atoms with van der Waals surface area (Å²) in [6, 6.07) is 0. The molecular weight excluding hydrogens is 232 g/mol. The molecule has 0 aromatic heterocycles. The zero-order valence-electron chi connectivity index (χ0n) is 10.4. The van der Waals surface area contributed by atoms with Crippen LogP contribution in [0, 0.1) is 0 Å². The van der Waals surface area contributed by atoms with Crippen molar-refractivity contribution < 1.29 is 33.3 Å². The summed E-state index contributed by atoms with van der Waals surface area (Å²) in [6.45, 7) is 1.96. The molecule has 0 spiro atoms. The Balaban J connectivity index is 0. The predicted molar refractivity (Wildman–Crippen MR) is 57.4 cm³/mol. The fraction of sp³-hybridized carbons (Fsp3) is 0.700. The van der Waals surface area contributed by atoms with Gasteiger partial charge in [0, 0.05) is 14.2 Å². The highest BCUT2D eigenvalue weighted by molar-refractivity contribution is 5.90. The SMILES string of the molecule is CCOC(=O)C(C=O)OC.COCC(=O)OC. The van der Waals surface area contributed by atoms with Gasteiger partial charge in [0.1, 0.15) is 6.61 Å². The second kappa shape index (κ2) is 12.6. The van der Waals surface area contributed by atoms with Gasteiger partial charge in [0.2, 0.25) is 6.10 Å². The Labute approximate surface area is 100.0 Å². The Morgan fingerprint density at radius 3 is 2.06 bits per heavy atom. The first-order valence-electron chi connectivity index (χ1n) is 4.77. The Morgan fingerprint density at radius 2 is 1.82 bits per heavy atom. The van der Waals surface area contributed by atoms with Gasteiger partial charge in [-0.25, -0.2) is 9.59 Å². The van der Waals surface area contributed by atoms with Gasteiger partial charge in [0.25, 0.3) is 0 Å². The van der Waals surface area contributed by atoms with Gasteiger partial charge < -0.3 is 18.9 Å². The summed E-state index contributed by atoms with van der Waals surface area (Å²) >= 11 is 0. The zero-order valence-corrected chi connectivity index (χ0v) is 10.4. The summed E-state index contributed by atoms with van der Waals surface area (Å²) in [5.74, 6) is -0.984. The molecule has 0 aliphatic carbocycles. The number of methoxy groups -OCH3 is 3. The van der Waals surface area contributed by atoms with E-state index < -0.39 is 12.1 Å². The molecule has 7 heteroatoms. The number of hydrogen-bond acceptors (Lipinski definition) is 7. The van der Waals surface area contributed by atoms with Crippen LogP contribution in [-0.4, -0.2) is 58.9 Å². The lowest BCUT2D eigenvalue weighted by atomic mass is 10.4. The number of ether oxygens (including phenoxy) is 4. The smallest absolute Gasteiger partial charge is 0.342 e. The molecule has 0 fully saturated rings. The standard InChI is InChI=1S/C6H10O4.C4H8O3/c1-3-10-6(8)5(4-7)9-2;1-6-3-4(5)7-2/h4-5H,3H2,1-2H3;3H2,1-2H3. The number of esters is 2. The molecule has 0 bridgehead atoms. The van der Waals surface area contributed by atoms with E-state index in [0.29, 0.717) is 6.29 Å². The molecule has 0 saturated heterocycles. The van der Waals surface area contributed by atoms with Crippen molar-refractivity contribution >= 4 is 18.2 Å². The molecular formula is C10H18O7. The zero-order chi connectivity index (χ0) is 13.7. The van der Waals surface area contributed by atoms with Crippen LogP contribution in [0.25, 0.3) is 0 Å². The fourth-order valence-corrected chi connectivity index (χ4v) is 0.609. The molecule has 0 aliphatic heterocycles. The largest absolute Gasteiger partial charge is 0.467 e. The van der Waals surface area contributed by atoms with Crippen LogP contribution in [0.4, 0.5) is 0 Å². The van der Waals surface area contributed by atoms with Crippen LogP contribution in [0.5, 0.6) is 0 Å². The Morgan fingerprint density at radius 1 is 1.24 bits per heavy atom. The molecule has 0 radical (unpaired) electrons. The maximum atomic E-state index is 10.6. The van der Waals surface area contributed by atoms with Crippen LogP contribution in [0.1, 0.15) is 6.92 Å². The highest BCUT2D eigenvalue weighted by Gasteiger charge is 2.16. The number of hydrogen-bond donors (Lipinski definition) is 0. The summed E-state index contributed by atoms with van der Waals surface area (Å²) in [6.07, 6.45) is -0.669. The first kappa shape index (κ1) is 17.9. The van der Waals surface area contributed by atoms with Crippen LogP contribution in [0.3, 0.4) is 0 Å². The minimum atomic E-state index is -1.07. The Kier molecular flexibility index (Phi) is 13.3. The van der Waals surface area contributed by atoms with Gasteiger partial charge >= 0.3 is 11.9 Å². The summed E-state index contributed by atoms with van der Waals surface area (Å²) in [5, 5.41) is 0. The normalized spacial score (nSPS) is 10.6. The average Bonchev–Trinajstić information content (AvgIpc) is 2.32. The second-order valence-electron chi connectivity index (χ2n) is 2.55. The third kappa shape index (κ3) is 10.8. The highest BCUT2D eigenvalue weighted by atomic mass is 16.6. The van der Waals surface area contributed by atoms with E-state index in [2.05, 4.69) is 18.9 Å². The van der Waals surface area contributed by atoms with Gasteiger partial charge in [0.15, 0.2) is 6.29 Å². The second-order valence-corrected chi connectivity index (χ2v) is 2.55. The van der Waals surface area contributed by atoms with E-state index in [9.17, 15) is 14.4 Å². The van der Waals surface area contributed by atoms with Gasteiger partial charge in [-0.15, -0.1) is 0 Å². The molecule has 0 rings (SSSR count). The molecule has 0 aromatic carbocycles. The molecule has 17 heavy (non-hydrogen) atoms. The number of rotatable bonds is 6. The van der Waals surface area contributed by atoms with Crippen LogP contribution in [-0.2, 0) is 33.3 Å². The summed E-state index contributed by atoms with van der Waals surface area (Å²) in [5.41, 5.74) is 0. The monoisotopic (exact) mass is 250 g/mol. The van der Waals surface area contributed by atoms with Gasteiger partial charge in [-0.3, -0.25) is 4.79 Å². The first-order chi connectivity index (χ1) is 8.06. The summed E-state index contributed by atoms with van der Waals surface area (Å²) < 4.78 is 17.6. The topological polar surface area (TPSA) is 88.1 Å². The van der Waals surface area contributed by atoms with Gasteiger partial charge in [-0.05, 0) is 6.92 Å². The Hall–Kier alpha value is -1.47. The van der Waals surface area contributed by atoms with E-state index in [1.54, 1.807) is 6.92 Å². The third-order valence-corrected chi connectivity index (χ3v) is 1.39. The summed E-state index contributed by atoms with van der Waals surface area (Å²) in [7, 11) is 4.04. The van der Waals surface area contributed by atoms with Crippen molar-refractivity contribution in [1.29, 1.82) is 0 Å². The molecule has 1 atom stereocenters. The lowest BCUT2D eigenvalue weighted by Gasteiger charge is -2.05. The first-order valence-corrected chi connectivity index (χ1v) is 4.77. The lowest BCUT2D eigenvalue weighted by molar-refractivity contribution is -0.156. The minimum absolute atomic E-state index is 0.0382. The maximum absolute atomic E-state index is 10.6. The van der Waals surface area contributed by atoms with Crippen LogP contribution in [0.2, 0.25) is 0 Å². The van der Waals surface area contributed by atoms with Crippen molar-refractivity contribution in [2.45, 2.75) is 13.0 Å². The van der Waals surface area contributed by atoms with Crippen molar-refractivity contribution in [2.75, 3.05) is 34.5 Å². The molecule has 0 heterocycles. The summed E-state index contributed by atoms with van der Waals surface area (Å²) in [4.78, 5) is 30.7. The Bertz CT molecular complexity index is 227. The van der Waals surface area contributed by atoms with E-state index >= 15 is 0 Å². The quantitative estimate of drug-likeness (QED) is 0.359. The van der Waals surface area contributed by atoms with E-state index in [1.807, 2.05) is 0 Å². The maximum Gasteiger partial charge on any atom is 0.342 e. The van der Waals surface area contributed by atoms with Crippen LogP contribution in [0.15, 0.2) is 0 Å². The van der Waals surface area contributed by atoms with Gasteiger partial charge in [-0.2, -0.15) is 0 Å². The molecule has 0 aromatic rings. The van der Waals surface area contributed by atoms with Crippen molar-refractivity contribution in [3.05, 3.63) is 0 Å². The molecule has 1 unspecified atom stereocenters. The van der Waals surface area contributed by atoms with Gasteiger partial charge in [0.05, 0.1) is 13.7 Å². The van der Waals surface area contributed by atoms with Crippen molar-refractivity contribution in [3.63, 3.8) is 0 Å². The fourth-order valence-electron chi connectivity index (χ4n) is 0.609. The molecule has 7 nitrogen and oxygen atoms in total. The van der Waals surface area contributed by atoms with Gasteiger partial charge in [-0.1, -0.05) is 0 Å². The number of carbonyl (C=O) groups excluding carboxylic acids is 3. The lowest BCUT2D eigenvalue weighted by Crippen LogP contribution is -2.26. The van der Waals surface area contributed by atoms with Crippen LogP contribution >= 0.6 is 0 Å². The van der Waals surface area contributed by atoms with Crippen molar-refractivity contribution in [2.24, 2.45) is 0 Å².